The van der Waals surface area contributed by atoms with E-state index in [1.807, 2.05) is 31.2 Å². The van der Waals surface area contributed by atoms with E-state index >= 15 is 0 Å². The maximum atomic E-state index is 11.9. The van der Waals surface area contributed by atoms with Crippen LogP contribution in [0.15, 0.2) is 29.1 Å². The molecule has 1 aromatic carbocycles. The summed E-state index contributed by atoms with van der Waals surface area (Å²) in [7, 11) is 0. The summed E-state index contributed by atoms with van der Waals surface area (Å²) in [4.78, 5) is 19.4. The number of hydrogen-bond acceptors (Lipinski definition) is 2. The highest BCUT2D eigenvalue weighted by Gasteiger charge is 2.28. The fourth-order valence-electron chi connectivity index (χ4n) is 1.95. The summed E-state index contributed by atoms with van der Waals surface area (Å²) in [5, 5.41) is 0. The number of aryl methyl sites for hydroxylation is 1. The van der Waals surface area contributed by atoms with Crippen molar-refractivity contribution in [3.8, 4) is 11.4 Å². The van der Waals surface area contributed by atoms with Crippen molar-refractivity contribution >= 4 is 22.6 Å². The van der Waals surface area contributed by atoms with Crippen LogP contribution in [0.2, 0.25) is 0 Å². The highest BCUT2D eigenvalue weighted by Crippen LogP contribution is 2.40. The van der Waals surface area contributed by atoms with Gasteiger partial charge in [-0.15, -0.1) is 0 Å². The predicted octanol–water partition coefficient (Wildman–Crippen LogP) is 3.23. The van der Waals surface area contributed by atoms with E-state index in [-0.39, 0.29) is 5.56 Å². The molecule has 1 aromatic heterocycles. The number of nitrogens with zero attached hydrogens (tertiary/aromatic N) is 1. The minimum absolute atomic E-state index is 0.0249. The average molecular weight is 352 g/mol. The summed E-state index contributed by atoms with van der Waals surface area (Å²) in [6, 6.07) is 8.06. The molecule has 0 amide bonds. The second kappa shape index (κ2) is 4.50. The van der Waals surface area contributed by atoms with Crippen LogP contribution in [0.3, 0.4) is 0 Å². The van der Waals surface area contributed by atoms with Crippen LogP contribution < -0.4 is 5.56 Å². The molecular formula is C14H13IN2O. The Labute approximate surface area is 119 Å². The van der Waals surface area contributed by atoms with Crippen molar-refractivity contribution in [2.75, 3.05) is 0 Å². The van der Waals surface area contributed by atoms with Crippen molar-refractivity contribution in [2.45, 2.75) is 25.7 Å². The second-order valence-electron chi connectivity index (χ2n) is 4.75. The van der Waals surface area contributed by atoms with Gasteiger partial charge in [-0.3, -0.25) is 4.79 Å². The molecule has 0 unspecified atom stereocenters. The molecule has 0 aliphatic heterocycles. The lowest BCUT2D eigenvalue weighted by Crippen LogP contribution is -2.15. The highest BCUT2D eigenvalue weighted by atomic mass is 127. The van der Waals surface area contributed by atoms with Gasteiger partial charge in [0.15, 0.2) is 0 Å². The summed E-state index contributed by atoms with van der Waals surface area (Å²) in [5.41, 5.74) is 3.11. The molecule has 3 nitrogen and oxygen atoms in total. The van der Waals surface area contributed by atoms with Crippen LogP contribution in [0.25, 0.3) is 11.4 Å². The molecule has 1 aliphatic carbocycles. The van der Waals surface area contributed by atoms with Gasteiger partial charge in [0, 0.05) is 11.5 Å². The zero-order valence-corrected chi connectivity index (χ0v) is 12.2. The summed E-state index contributed by atoms with van der Waals surface area (Å²) in [6.07, 6.45) is 2.31. The Kier molecular flexibility index (Phi) is 2.97. The number of aromatic amines is 1. The quantitative estimate of drug-likeness (QED) is 0.844. The van der Waals surface area contributed by atoms with Gasteiger partial charge < -0.3 is 4.98 Å². The molecule has 1 heterocycles. The SMILES string of the molecule is Cc1ccc(-c2nc(C3CC3)c(I)c(=O)[nH]2)cc1. The number of aromatic nitrogens is 2. The maximum absolute atomic E-state index is 11.9. The Morgan fingerprint density at radius 3 is 2.56 bits per heavy atom. The van der Waals surface area contributed by atoms with Gasteiger partial charge in [0.2, 0.25) is 0 Å². The summed E-state index contributed by atoms with van der Waals surface area (Å²) in [5.74, 6) is 1.17. The molecule has 0 saturated heterocycles. The zero-order chi connectivity index (χ0) is 12.7. The number of halogens is 1. The van der Waals surface area contributed by atoms with Crippen LogP contribution in [-0.2, 0) is 0 Å². The second-order valence-corrected chi connectivity index (χ2v) is 5.83. The first kappa shape index (κ1) is 11.9. The molecule has 1 aliphatic rings. The summed E-state index contributed by atoms with van der Waals surface area (Å²) >= 11 is 2.10. The van der Waals surface area contributed by atoms with Gasteiger partial charge in [0.1, 0.15) is 5.82 Å². The van der Waals surface area contributed by atoms with Gasteiger partial charge in [-0.25, -0.2) is 4.98 Å². The molecule has 0 bridgehead atoms. The van der Waals surface area contributed by atoms with Gasteiger partial charge in [-0.1, -0.05) is 29.8 Å². The van der Waals surface area contributed by atoms with E-state index in [9.17, 15) is 4.79 Å². The monoisotopic (exact) mass is 352 g/mol. The Hall–Kier alpha value is -1.17. The van der Waals surface area contributed by atoms with E-state index < -0.39 is 0 Å². The predicted molar refractivity (Wildman–Crippen MR) is 79.7 cm³/mol. The smallest absolute Gasteiger partial charge is 0.264 e. The van der Waals surface area contributed by atoms with E-state index in [1.54, 1.807) is 0 Å². The highest BCUT2D eigenvalue weighted by molar-refractivity contribution is 14.1. The van der Waals surface area contributed by atoms with Crippen molar-refractivity contribution in [3.05, 3.63) is 49.4 Å². The Morgan fingerprint density at radius 2 is 1.94 bits per heavy atom. The molecule has 0 atom stereocenters. The number of hydrogen-bond donors (Lipinski definition) is 1. The Morgan fingerprint density at radius 1 is 1.28 bits per heavy atom. The van der Waals surface area contributed by atoms with Gasteiger partial charge in [-0.05, 0) is 42.4 Å². The standard InChI is InChI=1S/C14H13IN2O/c1-8-2-4-10(5-3-8)13-16-12(9-6-7-9)11(15)14(18)17-13/h2-5,9H,6-7H2,1H3,(H,16,17,18). The largest absolute Gasteiger partial charge is 0.306 e. The third kappa shape index (κ3) is 2.21. The molecule has 2 aromatic rings. The molecule has 1 saturated carbocycles. The van der Waals surface area contributed by atoms with E-state index in [0.29, 0.717) is 11.7 Å². The van der Waals surface area contributed by atoms with Crippen molar-refractivity contribution in [1.29, 1.82) is 0 Å². The van der Waals surface area contributed by atoms with Crippen molar-refractivity contribution in [1.82, 2.24) is 9.97 Å². The molecule has 1 N–H and O–H groups in total. The van der Waals surface area contributed by atoms with Crippen LogP contribution in [-0.4, -0.2) is 9.97 Å². The van der Waals surface area contributed by atoms with E-state index in [2.05, 4.69) is 32.6 Å². The maximum Gasteiger partial charge on any atom is 0.264 e. The van der Waals surface area contributed by atoms with Crippen molar-refractivity contribution in [2.24, 2.45) is 0 Å². The first-order chi connectivity index (χ1) is 8.65. The number of benzene rings is 1. The van der Waals surface area contributed by atoms with Crippen LogP contribution in [0.4, 0.5) is 0 Å². The van der Waals surface area contributed by atoms with E-state index in [1.165, 1.54) is 5.56 Å². The lowest BCUT2D eigenvalue weighted by Gasteiger charge is -2.06. The van der Waals surface area contributed by atoms with Gasteiger partial charge >= 0.3 is 0 Å². The molecule has 92 valence electrons. The Balaban J connectivity index is 2.12. The molecule has 0 radical (unpaired) electrons. The van der Waals surface area contributed by atoms with Crippen LogP contribution in [0.5, 0.6) is 0 Å². The van der Waals surface area contributed by atoms with Gasteiger partial charge in [0.25, 0.3) is 5.56 Å². The molecule has 1 fully saturated rings. The fourth-order valence-corrected chi connectivity index (χ4v) is 2.65. The van der Waals surface area contributed by atoms with E-state index in [4.69, 9.17) is 0 Å². The number of H-pyrrole nitrogens is 1. The summed E-state index contributed by atoms with van der Waals surface area (Å²) in [6.45, 7) is 2.05. The minimum atomic E-state index is -0.0249. The number of rotatable bonds is 2. The van der Waals surface area contributed by atoms with Gasteiger partial charge in [0.05, 0.1) is 9.26 Å². The third-order valence-corrected chi connectivity index (χ3v) is 4.22. The first-order valence-electron chi connectivity index (χ1n) is 6.02. The molecular weight excluding hydrogens is 339 g/mol. The average Bonchev–Trinajstić information content (AvgIpc) is 3.18. The van der Waals surface area contributed by atoms with E-state index in [0.717, 1.165) is 27.7 Å². The third-order valence-electron chi connectivity index (χ3n) is 3.18. The summed E-state index contributed by atoms with van der Waals surface area (Å²) < 4.78 is 0.742. The zero-order valence-electron chi connectivity index (χ0n) is 10.0. The molecule has 0 spiro atoms. The van der Waals surface area contributed by atoms with Crippen molar-refractivity contribution < 1.29 is 0 Å². The fraction of sp³-hybridized carbons (Fsp3) is 0.286. The van der Waals surface area contributed by atoms with Crippen LogP contribution >= 0.6 is 22.6 Å². The Bertz CT molecular complexity index is 642. The normalized spacial score (nSPS) is 14.8. The first-order valence-corrected chi connectivity index (χ1v) is 7.10. The molecule has 3 rings (SSSR count). The number of nitrogens with one attached hydrogen (secondary N) is 1. The molecule has 18 heavy (non-hydrogen) atoms. The lowest BCUT2D eigenvalue weighted by molar-refractivity contribution is 0.958. The topological polar surface area (TPSA) is 45.8 Å². The minimum Gasteiger partial charge on any atom is -0.306 e. The van der Waals surface area contributed by atoms with Crippen LogP contribution in [0.1, 0.15) is 30.0 Å². The van der Waals surface area contributed by atoms with Gasteiger partial charge in [-0.2, -0.15) is 0 Å². The molecule has 4 heteroatoms. The van der Waals surface area contributed by atoms with Crippen LogP contribution in [0, 0.1) is 10.5 Å². The van der Waals surface area contributed by atoms with Crippen molar-refractivity contribution in [3.63, 3.8) is 0 Å². The lowest BCUT2D eigenvalue weighted by atomic mass is 10.1.